The van der Waals surface area contributed by atoms with E-state index in [1.807, 2.05) is 11.0 Å². The van der Waals surface area contributed by atoms with E-state index in [-0.39, 0.29) is 24.4 Å². The molecule has 9 heteroatoms. The van der Waals surface area contributed by atoms with Crippen molar-refractivity contribution < 1.29 is 9.59 Å². The maximum atomic E-state index is 12.6. The summed E-state index contributed by atoms with van der Waals surface area (Å²) in [5.74, 6) is 0.0359. The van der Waals surface area contributed by atoms with E-state index in [0.29, 0.717) is 35.4 Å². The first-order valence-electron chi connectivity index (χ1n) is 11.9. The molecule has 0 atom stereocenters. The number of benzene rings is 1. The van der Waals surface area contributed by atoms with Crippen molar-refractivity contribution in [1.82, 2.24) is 20.5 Å². The highest BCUT2D eigenvalue weighted by molar-refractivity contribution is 7.09. The molecule has 1 fully saturated rings. The van der Waals surface area contributed by atoms with Gasteiger partial charge in [-0.25, -0.2) is 9.78 Å². The second-order valence-corrected chi connectivity index (χ2v) is 10.5. The Morgan fingerprint density at radius 2 is 1.97 bits per heavy atom. The number of amides is 3. The molecular weight excluding hydrogens is 491 g/mol. The fraction of sp³-hybridized carbons (Fsp3) is 0.480. The Morgan fingerprint density at radius 3 is 2.74 bits per heavy atom. The third kappa shape index (κ3) is 6.52. The zero-order valence-corrected chi connectivity index (χ0v) is 21.4. The minimum atomic E-state index is -0.233. The lowest BCUT2D eigenvalue weighted by Crippen LogP contribution is -2.44. The lowest BCUT2D eigenvalue weighted by atomic mass is 9.97. The van der Waals surface area contributed by atoms with Crippen LogP contribution in [0.2, 0.25) is 10.0 Å². The summed E-state index contributed by atoms with van der Waals surface area (Å²) in [6.07, 6.45) is 9.89. The number of thiazole rings is 1. The summed E-state index contributed by atoms with van der Waals surface area (Å²) < 4.78 is 0. The van der Waals surface area contributed by atoms with Crippen LogP contribution in [0.1, 0.15) is 71.9 Å². The molecular formula is C25H30Cl2N4O2S. The fourth-order valence-corrected chi connectivity index (χ4v) is 5.79. The third-order valence-electron chi connectivity index (χ3n) is 6.46. The van der Waals surface area contributed by atoms with Crippen LogP contribution in [0.4, 0.5) is 4.79 Å². The Balaban J connectivity index is 1.21. The molecule has 182 valence electrons. The first kappa shape index (κ1) is 25.0. The minimum absolute atomic E-state index is 0.0220. The average molecular weight is 522 g/mol. The van der Waals surface area contributed by atoms with Crippen LogP contribution in [-0.4, -0.2) is 41.5 Å². The number of halogens is 2. The van der Waals surface area contributed by atoms with Gasteiger partial charge in [0.1, 0.15) is 5.69 Å². The van der Waals surface area contributed by atoms with Crippen LogP contribution in [0.3, 0.4) is 0 Å². The van der Waals surface area contributed by atoms with Gasteiger partial charge in [0.05, 0.1) is 15.1 Å². The van der Waals surface area contributed by atoms with Gasteiger partial charge in [0.15, 0.2) is 0 Å². The highest BCUT2D eigenvalue weighted by atomic mass is 35.5. The van der Waals surface area contributed by atoms with Gasteiger partial charge in [-0.3, -0.25) is 4.79 Å². The van der Waals surface area contributed by atoms with Crippen LogP contribution < -0.4 is 10.6 Å². The van der Waals surface area contributed by atoms with Crippen LogP contribution in [0, 0.1) is 0 Å². The van der Waals surface area contributed by atoms with E-state index < -0.39 is 0 Å². The zero-order chi connectivity index (χ0) is 23.9. The Labute approximate surface area is 214 Å². The van der Waals surface area contributed by atoms with E-state index in [0.717, 1.165) is 29.8 Å². The summed E-state index contributed by atoms with van der Waals surface area (Å²) >= 11 is 13.7. The summed E-state index contributed by atoms with van der Waals surface area (Å²) in [6.45, 7) is 2.40. The molecule has 1 aromatic carbocycles. The fourth-order valence-electron chi connectivity index (χ4n) is 4.43. The second-order valence-electron chi connectivity index (χ2n) is 8.82. The van der Waals surface area contributed by atoms with E-state index in [1.165, 1.54) is 42.6 Å². The number of allylic oxidation sites excluding steroid dienone is 1. The molecule has 1 saturated heterocycles. The number of urea groups is 1. The second kappa shape index (κ2) is 12.0. The first-order chi connectivity index (χ1) is 16.5. The Kier molecular flexibility index (Phi) is 8.86. The molecule has 6 nitrogen and oxygen atoms in total. The van der Waals surface area contributed by atoms with E-state index >= 15 is 0 Å². The third-order valence-corrected chi connectivity index (χ3v) is 8.33. The summed E-state index contributed by atoms with van der Waals surface area (Å²) in [7, 11) is 0. The molecule has 2 aromatic rings. The van der Waals surface area contributed by atoms with Gasteiger partial charge in [0, 0.05) is 37.5 Å². The molecule has 0 saturated carbocycles. The smallest absolute Gasteiger partial charge is 0.317 e. The molecule has 1 aliphatic carbocycles. The van der Waals surface area contributed by atoms with E-state index in [2.05, 4.69) is 21.7 Å². The van der Waals surface area contributed by atoms with Crippen LogP contribution in [-0.2, 0) is 6.54 Å². The van der Waals surface area contributed by atoms with Crippen molar-refractivity contribution >= 4 is 46.5 Å². The standard InChI is InChI=1S/C25H30Cl2N4O2S/c26-20-8-4-7-19(22(20)27)15-29-23(32)21-16-34-24(30-21)18-10-13-31(14-11-18)25(33)28-12-9-17-5-2-1-3-6-17/h4-5,7-8,16,18H,1-3,6,9-15H2,(H,28,33)(H,29,32). The lowest BCUT2D eigenvalue weighted by Gasteiger charge is -2.31. The lowest BCUT2D eigenvalue weighted by molar-refractivity contribution is 0.0946. The number of nitrogens with one attached hydrogen (secondary N) is 2. The molecule has 2 heterocycles. The number of aromatic nitrogens is 1. The SMILES string of the molecule is O=C(NCc1cccc(Cl)c1Cl)c1csc(C2CCN(C(=O)NCCC3=CCCCC3)CC2)n1. The summed E-state index contributed by atoms with van der Waals surface area (Å²) in [6, 6.07) is 5.37. The predicted molar refractivity (Wildman–Crippen MR) is 138 cm³/mol. The van der Waals surface area contributed by atoms with Gasteiger partial charge in [0.25, 0.3) is 5.91 Å². The highest BCUT2D eigenvalue weighted by Crippen LogP contribution is 2.30. The molecule has 4 rings (SSSR count). The average Bonchev–Trinajstić information content (AvgIpc) is 3.36. The number of piperidine rings is 1. The number of carbonyl (C=O) groups excluding carboxylic acids is 2. The largest absolute Gasteiger partial charge is 0.347 e. The number of carbonyl (C=O) groups is 2. The molecule has 0 unspecified atom stereocenters. The summed E-state index contributed by atoms with van der Waals surface area (Å²) in [5.41, 5.74) is 2.65. The maximum absolute atomic E-state index is 12.6. The summed E-state index contributed by atoms with van der Waals surface area (Å²) in [5, 5.41) is 9.59. The molecule has 0 radical (unpaired) electrons. The Bertz CT molecular complexity index is 1050. The number of hydrogen-bond donors (Lipinski definition) is 2. The number of rotatable bonds is 7. The number of nitrogens with zero attached hydrogens (tertiary/aromatic N) is 2. The molecule has 2 N–H and O–H groups in total. The van der Waals surface area contributed by atoms with E-state index in [4.69, 9.17) is 23.2 Å². The van der Waals surface area contributed by atoms with Gasteiger partial charge in [-0.2, -0.15) is 0 Å². The van der Waals surface area contributed by atoms with Gasteiger partial charge in [-0.15, -0.1) is 11.3 Å². The molecule has 1 aliphatic heterocycles. The molecule has 0 bridgehead atoms. The van der Waals surface area contributed by atoms with Crippen molar-refractivity contribution in [3.8, 4) is 0 Å². The van der Waals surface area contributed by atoms with Gasteiger partial charge < -0.3 is 15.5 Å². The Hall–Kier alpha value is -2.09. The van der Waals surface area contributed by atoms with Crippen LogP contribution in [0.25, 0.3) is 0 Å². The van der Waals surface area contributed by atoms with E-state index in [9.17, 15) is 9.59 Å². The van der Waals surface area contributed by atoms with Gasteiger partial charge in [0.2, 0.25) is 0 Å². The minimum Gasteiger partial charge on any atom is -0.347 e. The normalized spacial score (nSPS) is 16.8. The van der Waals surface area contributed by atoms with Crippen LogP contribution in [0.5, 0.6) is 0 Å². The van der Waals surface area contributed by atoms with Crippen LogP contribution >= 0.6 is 34.5 Å². The molecule has 2 aliphatic rings. The van der Waals surface area contributed by atoms with Gasteiger partial charge in [-0.1, -0.05) is 47.0 Å². The van der Waals surface area contributed by atoms with Crippen molar-refractivity contribution in [3.05, 3.63) is 61.5 Å². The maximum Gasteiger partial charge on any atom is 0.317 e. The quantitative estimate of drug-likeness (QED) is 0.429. The Morgan fingerprint density at radius 1 is 1.15 bits per heavy atom. The highest BCUT2D eigenvalue weighted by Gasteiger charge is 2.26. The topological polar surface area (TPSA) is 74.3 Å². The van der Waals surface area contributed by atoms with Crippen molar-refractivity contribution in [2.75, 3.05) is 19.6 Å². The molecule has 3 amide bonds. The summed E-state index contributed by atoms with van der Waals surface area (Å²) in [4.78, 5) is 31.6. The number of hydrogen-bond acceptors (Lipinski definition) is 4. The van der Waals surface area contributed by atoms with Crippen molar-refractivity contribution in [1.29, 1.82) is 0 Å². The van der Waals surface area contributed by atoms with Gasteiger partial charge in [-0.05, 0) is 56.6 Å². The number of likely N-dealkylation sites (tertiary alicyclic amines) is 1. The van der Waals surface area contributed by atoms with Crippen LogP contribution in [0.15, 0.2) is 35.2 Å². The van der Waals surface area contributed by atoms with Crippen molar-refractivity contribution in [3.63, 3.8) is 0 Å². The van der Waals surface area contributed by atoms with E-state index in [1.54, 1.807) is 17.5 Å². The molecule has 1 aromatic heterocycles. The van der Waals surface area contributed by atoms with Crippen molar-refractivity contribution in [2.24, 2.45) is 0 Å². The molecule has 34 heavy (non-hydrogen) atoms. The monoisotopic (exact) mass is 520 g/mol. The first-order valence-corrected chi connectivity index (χ1v) is 13.5. The predicted octanol–water partition coefficient (Wildman–Crippen LogP) is 6.16. The zero-order valence-electron chi connectivity index (χ0n) is 19.1. The molecule has 0 spiro atoms. The van der Waals surface area contributed by atoms with Crippen molar-refractivity contribution in [2.45, 2.75) is 57.4 Å². The van der Waals surface area contributed by atoms with Gasteiger partial charge >= 0.3 is 6.03 Å².